The zero-order chi connectivity index (χ0) is 15.6. The molecule has 2 N–H and O–H groups in total. The number of urea groups is 1. The number of carbonyl (C=O) groups is 1. The van der Waals surface area contributed by atoms with Crippen molar-refractivity contribution in [2.75, 3.05) is 13.2 Å². The van der Waals surface area contributed by atoms with Crippen molar-refractivity contribution in [3.8, 4) is 5.75 Å². The molecule has 0 radical (unpaired) electrons. The Hall–Kier alpha value is -2.01. The molecular formula is C17H19BrN2O2. The van der Waals surface area contributed by atoms with Gasteiger partial charge in [-0.25, -0.2) is 4.79 Å². The SMILES string of the molecule is O=C(NCCCOc1ccccc1)NCc1ccc(Br)cc1. The molecule has 0 aliphatic carbocycles. The second kappa shape index (κ2) is 9.10. The zero-order valence-corrected chi connectivity index (χ0v) is 13.8. The van der Waals surface area contributed by atoms with E-state index in [9.17, 15) is 4.79 Å². The van der Waals surface area contributed by atoms with Crippen LogP contribution in [0.15, 0.2) is 59.1 Å². The zero-order valence-electron chi connectivity index (χ0n) is 12.2. The van der Waals surface area contributed by atoms with E-state index in [0.717, 1.165) is 22.2 Å². The Kier molecular flexibility index (Phi) is 6.77. The van der Waals surface area contributed by atoms with Crippen molar-refractivity contribution in [1.82, 2.24) is 10.6 Å². The van der Waals surface area contributed by atoms with Crippen molar-refractivity contribution < 1.29 is 9.53 Å². The van der Waals surface area contributed by atoms with Gasteiger partial charge in [-0.05, 0) is 36.2 Å². The number of ether oxygens (including phenoxy) is 1. The van der Waals surface area contributed by atoms with E-state index in [2.05, 4.69) is 26.6 Å². The molecule has 0 atom stereocenters. The summed E-state index contributed by atoms with van der Waals surface area (Å²) in [4.78, 5) is 11.6. The van der Waals surface area contributed by atoms with Crippen molar-refractivity contribution in [2.24, 2.45) is 0 Å². The van der Waals surface area contributed by atoms with Crippen molar-refractivity contribution in [3.63, 3.8) is 0 Å². The van der Waals surface area contributed by atoms with Crippen LogP contribution in [0.2, 0.25) is 0 Å². The lowest BCUT2D eigenvalue weighted by Gasteiger charge is -2.09. The first-order valence-electron chi connectivity index (χ1n) is 7.18. The fraction of sp³-hybridized carbons (Fsp3) is 0.235. The van der Waals surface area contributed by atoms with E-state index in [1.54, 1.807) is 0 Å². The predicted molar refractivity (Wildman–Crippen MR) is 90.9 cm³/mol. The quantitative estimate of drug-likeness (QED) is 0.737. The minimum Gasteiger partial charge on any atom is -0.494 e. The molecule has 2 amide bonds. The Labute approximate surface area is 139 Å². The van der Waals surface area contributed by atoms with Crippen LogP contribution in [0, 0.1) is 0 Å². The first kappa shape index (κ1) is 16.4. The third kappa shape index (κ3) is 6.18. The molecule has 0 heterocycles. The molecule has 116 valence electrons. The summed E-state index contributed by atoms with van der Waals surface area (Å²) in [5, 5.41) is 5.63. The van der Waals surface area contributed by atoms with Gasteiger partial charge < -0.3 is 15.4 Å². The number of benzene rings is 2. The van der Waals surface area contributed by atoms with Gasteiger partial charge in [0.15, 0.2) is 0 Å². The van der Waals surface area contributed by atoms with E-state index in [1.165, 1.54) is 0 Å². The number of rotatable bonds is 7. The molecule has 22 heavy (non-hydrogen) atoms. The lowest BCUT2D eigenvalue weighted by molar-refractivity contribution is 0.238. The molecule has 2 aromatic rings. The Morgan fingerprint density at radius 3 is 2.45 bits per heavy atom. The number of carbonyl (C=O) groups excluding carboxylic acids is 1. The first-order chi connectivity index (χ1) is 10.7. The molecular weight excluding hydrogens is 344 g/mol. The number of nitrogens with one attached hydrogen (secondary N) is 2. The molecule has 0 saturated carbocycles. The van der Waals surface area contributed by atoms with Gasteiger partial charge in [-0.1, -0.05) is 46.3 Å². The van der Waals surface area contributed by atoms with Crippen LogP contribution < -0.4 is 15.4 Å². The molecule has 0 saturated heterocycles. The summed E-state index contributed by atoms with van der Waals surface area (Å²) in [6.45, 7) is 1.68. The standard InChI is InChI=1S/C17H19BrN2O2/c18-15-9-7-14(8-10-15)13-20-17(21)19-11-4-12-22-16-5-2-1-3-6-16/h1-3,5-10H,4,11-13H2,(H2,19,20,21). The summed E-state index contributed by atoms with van der Waals surface area (Å²) in [5.41, 5.74) is 1.06. The topological polar surface area (TPSA) is 50.4 Å². The van der Waals surface area contributed by atoms with E-state index >= 15 is 0 Å². The van der Waals surface area contributed by atoms with Gasteiger partial charge in [0.25, 0.3) is 0 Å². The summed E-state index contributed by atoms with van der Waals surface area (Å²) >= 11 is 3.38. The molecule has 0 unspecified atom stereocenters. The summed E-state index contributed by atoms with van der Waals surface area (Å²) in [7, 11) is 0. The molecule has 5 heteroatoms. The van der Waals surface area contributed by atoms with Crippen LogP contribution in [0.1, 0.15) is 12.0 Å². The largest absolute Gasteiger partial charge is 0.494 e. The number of amides is 2. The van der Waals surface area contributed by atoms with Crippen molar-refractivity contribution in [2.45, 2.75) is 13.0 Å². The maximum Gasteiger partial charge on any atom is 0.315 e. The fourth-order valence-corrected chi connectivity index (χ4v) is 2.09. The number of hydrogen-bond acceptors (Lipinski definition) is 2. The predicted octanol–water partition coefficient (Wildman–Crippen LogP) is 3.72. The highest BCUT2D eigenvalue weighted by molar-refractivity contribution is 9.10. The average molecular weight is 363 g/mol. The molecule has 4 nitrogen and oxygen atoms in total. The van der Waals surface area contributed by atoms with Crippen LogP contribution >= 0.6 is 15.9 Å². The molecule has 2 rings (SSSR count). The summed E-state index contributed by atoms with van der Waals surface area (Å²) in [6, 6.07) is 17.3. The molecule has 0 aliphatic rings. The maximum atomic E-state index is 11.6. The lowest BCUT2D eigenvalue weighted by Crippen LogP contribution is -2.35. The van der Waals surface area contributed by atoms with Crippen LogP contribution in [-0.4, -0.2) is 19.2 Å². The summed E-state index contributed by atoms with van der Waals surface area (Å²) in [6.07, 6.45) is 0.764. The third-order valence-electron chi connectivity index (χ3n) is 2.98. The summed E-state index contributed by atoms with van der Waals surface area (Å²) < 4.78 is 6.58. The van der Waals surface area contributed by atoms with E-state index in [-0.39, 0.29) is 6.03 Å². The van der Waals surface area contributed by atoms with Crippen molar-refractivity contribution >= 4 is 22.0 Å². The number of halogens is 1. The van der Waals surface area contributed by atoms with E-state index < -0.39 is 0 Å². The van der Waals surface area contributed by atoms with E-state index in [1.807, 2.05) is 54.6 Å². The van der Waals surface area contributed by atoms with Crippen molar-refractivity contribution in [1.29, 1.82) is 0 Å². The van der Waals surface area contributed by atoms with Gasteiger partial charge >= 0.3 is 6.03 Å². The fourth-order valence-electron chi connectivity index (χ4n) is 1.83. The van der Waals surface area contributed by atoms with Gasteiger partial charge in [-0.2, -0.15) is 0 Å². The van der Waals surface area contributed by atoms with Crippen LogP contribution in [0.5, 0.6) is 5.75 Å². The highest BCUT2D eigenvalue weighted by atomic mass is 79.9. The van der Waals surface area contributed by atoms with Crippen LogP contribution in [0.25, 0.3) is 0 Å². The molecule has 0 aromatic heterocycles. The Morgan fingerprint density at radius 2 is 1.73 bits per heavy atom. The van der Waals surface area contributed by atoms with Crippen LogP contribution in [0.3, 0.4) is 0 Å². The van der Waals surface area contributed by atoms with Crippen LogP contribution in [0.4, 0.5) is 4.79 Å². The second-order valence-corrected chi connectivity index (χ2v) is 5.67. The molecule has 0 fully saturated rings. The molecule has 0 aliphatic heterocycles. The van der Waals surface area contributed by atoms with Gasteiger partial charge in [-0.15, -0.1) is 0 Å². The van der Waals surface area contributed by atoms with Crippen LogP contribution in [-0.2, 0) is 6.54 Å². The Balaban J connectivity index is 1.55. The normalized spacial score (nSPS) is 10.0. The number of hydrogen-bond donors (Lipinski definition) is 2. The van der Waals surface area contributed by atoms with Gasteiger partial charge in [0, 0.05) is 17.6 Å². The minimum atomic E-state index is -0.164. The maximum absolute atomic E-state index is 11.6. The minimum absolute atomic E-state index is 0.164. The number of para-hydroxylation sites is 1. The Morgan fingerprint density at radius 1 is 1.00 bits per heavy atom. The molecule has 2 aromatic carbocycles. The third-order valence-corrected chi connectivity index (χ3v) is 3.51. The Bertz CT molecular complexity index is 573. The highest BCUT2D eigenvalue weighted by Gasteiger charge is 2.00. The second-order valence-electron chi connectivity index (χ2n) is 4.75. The summed E-state index contributed by atoms with van der Waals surface area (Å²) in [5.74, 6) is 0.849. The van der Waals surface area contributed by atoms with E-state index in [0.29, 0.717) is 19.7 Å². The molecule has 0 bridgehead atoms. The first-order valence-corrected chi connectivity index (χ1v) is 7.97. The van der Waals surface area contributed by atoms with Crippen molar-refractivity contribution in [3.05, 3.63) is 64.6 Å². The van der Waals surface area contributed by atoms with Gasteiger partial charge in [0.2, 0.25) is 0 Å². The average Bonchev–Trinajstić information content (AvgIpc) is 2.55. The highest BCUT2D eigenvalue weighted by Crippen LogP contribution is 2.10. The van der Waals surface area contributed by atoms with E-state index in [4.69, 9.17) is 4.74 Å². The monoisotopic (exact) mass is 362 g/mol. The van der Waals surface area contributed by atoms with Gasteiger partial charge in [-0.3, -0.25) is 0 Å². The lowest BCUT2D eigenvalue weighted by atomic mass is 10.2. The smallest absolute Gasteiger partial charge is 0.315 e. The molecule has 0 spiro atoms. The van der Waals surface area contributed by atoms with Gasteiger partial charge in [0.05, 0.1) is 6.61 Å². The van der Waals surface area contributed by atoms with Gasteiger partial charge in [0.1, 0.15) is 5.75 Å².